The quantitative estimate of drug-likeness (QED) is 0.802. The maximum Gasteiger partial charge on any atom is 0.269 e. The second-order valence-corrected chi connectivity index (χ2v) is 7.24. The molecule has 2 aromatic rings. The van der Waals surface area contributed by atoms with Crippen LogP contribution in [-0.4, -0.2) is 41.1 Å². The molecule has 130 valence electrons. The molecule has 0 fully saturated rings. The van der Waals surface area contributed by atoms with Crippen LogP contribution >= 0.6 is 0 Å². The number of benzene rings is 1. The number of carbonyl (C=O) groups excluding carboxylic acids is 2. The van der Waals surface area contributed by atoms with Crippen molar-refractivity contribution in [2.24, 2.45) is 0 Å². The number of fused-ring (bicyclic) bond motifs is 1. The van der Waals surface area contributed by atoms with Crippen LogP contribution in [0, 0.1) is 6.92 Å². The molecule has 25 heavy (non-hydrogen) atoms. The average molecular weight is 362 g/mol. The molecule has 3 rings (SSSR count). The summed E-state index contributed by atoms with van der Waals surface area (Å²) in [6.07, 6.45) is -0.267. The number of aryl methyl sites for hydroxylation is 1. The van der Waals surface area contributed by atoms with Gasteiger partial charge in [0.05, 0.1) is 5.56 Å². The highest BCUT2D eigenvalue weighted by Gasteiger charge is 2.40. The number of carbonyl (C=O) groups is 2. The molecule has 0 spiro atoms. The van der Waals surface area contributed by atoms with Crippen LogP contribution in [0.15, 0.2) is 40.0 Å². The fraction of sp³-hybridized carbons (Fsp3) is 0.200. The van der Waals surface area contributed by atoms with Crippen molar-refractivity contribution >= 4 is 27.8 Å². The maximum atomic E-state index is 12.4. The van der Waals surface area contributed by atoms with Crippen molar-refractivity contribution in [2.75, 3.05) is 11.9 Å². The monoisotopic (exact) mass is 362 g/mol. The highest BCUT2D eigenvalue weighted by atomic mass is 32.2. The molecular formula is C15H14N4O5S. The Morgan fingerprint density at radius 1 is 1.28 bits per heavy atom. The molecule has 2 heterocycles. The lowest BCUT2D eigenvalue weighted by Gasteiger charge is -2.14. The van der Waals surface area contributed by atoms with Crippen molar-refractivity contribution in [1.82, 2.24) is 14.3 Å². The first kappa shape index (κ1) is 16.8. The first-order valence-electron chi connectivity index (χ1n) is 7.33. The Morgan fingerprint density at radius 3 is 2.68 bits per heavy atom. The lowest BCUT2D eigenvalue weighted by molar-refractivity contribution is -0.116. The first-order chi connectivity index (χ1) is 11.8. The van der Waals surface area contributed by atoms with Gasteiger partial charge in [-0.05, 0) is 19.1 Å². The maximum absolute atomic E-state index is 12.4. The third-order valence-corrected chi connectivity index (χ3v) is 5.42. The van der Waals surface area contributed by atoms with Crippen LogP contribution in [-0.2, 0) is 14.8 Å². The summed E-state index contributed by atoms with van der Waals surface area (Å²) in [5.41, 5.74) is 0.0925. The molecule has 2 amide bonds. The van der Waals surface area contributed by atoms with Crippen LogP contribution in [0.1, 0.15) is 22.5 Å². The van der Waals surface area contributed by atoms with Gasteiger partial charge in [0.15, 0.2) is 0 Å². The van der Waals surface area contributed by atoms with Gasteiger partial charge < -0.3 is 0 Å². The number of aromatic nitrogens is 2. The van der Waals surface area contributed by atoms with E-state index in [0.29, 0.717) is 10.00 Å². The number of aromatic amines is 1. The number of hydrogen-bond donors (Lipinski definition) is 2. The third kappa shape index (κ3) is 3.15. The van der Waals surface area contributed by atoms with Crippen molar-refractivity contribution in [3.8, 4) is 0 Å². The molecule has 0 aliphatic carbocycles. The standard InChI is InChI=1S/C15H14N4O5S/c1-9-8-13(21)18-15(16-9)17-12(20)6-7-19-14(22)10-4-2-3-5-11(10)25(19,23)24/h2-5,8H,6-7H2,1H3,(H2,16,17,18,20,21). The molecular weight excluding hydrogens is 348 g/mol. The summed E-state index contributed by atoms with van der Waals surface area (Å²) in [7, 11) is -3.95. The van der Waals surface area contributed by atoms with E-state index >= 15 is 0 Å². The Morgan fingerprint density at radius 2 is 2.00 bits per heavy atom. The molecule has 1 aromatic carbocycles. The van der Waals surface area contributed by atoms with E-state index in [1.807, 2.05) is 0 Å². The van der Waals surface area contributed by atoms with Crippen molar-refractivity contribution in [2.45, 2.75) is 18.2 Å². The number of anilines is 1. The summed E-state index contributed by atoms with van der Waals surface area (Å²) in [6, 6.07) is 7.14. The Labute approximate surface area is 142 Å². The van der Waals surface area contributed by atoms with Gasteiger partial charge in [0.1, 0.15) is 4.90 Å². The summed E-state index contributed by atoms with van der Waals surface area (Å²) >= 11 is 0. The molecule has 0 saturated carbocycles. The highest BCUT2D eigenvalue weighted by molar-refractivity contribution is 7.90. The van der Waals surface area contributed by atoms with Crippen LogP contribution in [0.3, 0.4) is 0 Å². The summed E-state index contributed by atoms with van der Waals surface area (Å²) in [4.78, 5) is 41.8. The number of amides is 2. The topological polar surface area (TPSA) is 129 Å². The van der Waals surface area contributed by atoms with Crippen LogP contribution in [0.25, 0.3) is 0 Å². The molecule has 0 atom stereocenters. The second kappa shape index (κ2) is 6.13. The summed E-state index contributed by atoms with van der Waals surface area (Å²) in [5, 5.41) is 2.37. The highest BCUT2D eigenvalue weighted by Crippen LogP contribution is 2.29. The lowest BCUT2D eigenvalue weighted by atomic mass is 10.2. The molecule has 0 radical (unpaired) electrons. The Kier molecular flexibility index (Phi) is 4.13. The van der Waals surface area contributed by atoms with E-state index in [-0.39, 0.29) is 29.4 Å². The van der Waals surface area contributed by atoms with Crippen LogP contribution < -0.4 is 10.9 Å². The fourth-order valence-corrected chi connectivity index (χ4v) is 4.06. The molecule has 1 aromatic heterocycles. The number of hydrogen-bond acceptors (Lipinski definition) is 6. The molecule has 10 heteroatoms. The first-order valence-corrected chi connectivity index (χ1v) is 8.77. The van der Waals surface area contributed by atoms with Crippen molar-refractivity contribution in [3.63, 3.8) is 0 Å². The largest absolute Gasteiger partial charge is 0.296 e. The Balaban J connectivity index is 1.71. The minimum Gasteiger partial charge on any atom is -0.296 e. The van der Waals surface area contributed by atoms with Gasteiger partial charge in [-0.25, -0.2) is 17.7 Å². The molecule has 1 aliphatic heterocycles. The van der Waals surface area contributed by atoms with E-state index in [4.69, 9.17) is 0 Å². The van der Waals surface area contributed by atoms with Gasteiger partial charge in [0, 0.05) is 24.7 Å². The van der Waals surface area contributed by atoms with E-state index in [0.717, 1.165) is 0 Å². The number of nitrogens with zero attached hydrogens (tertiary/aromatic N) is 2. The van der Waals surface area contributed by atoms with Crippen molar-refractivity contribution in [1.29, 1.82) is 0 Å². The van der Waals surface area contributed by atoms with E-state index in [2.05, 4.69) is 15.3 Å². The Bertz CT molecular complexity index is 1030. The van der Waals surface area contributed by atoms with Gasteiger partial charge >= 0.3 is 0 Å². The molecule has 2 N–H and O–H groups in total. The predicted molar refractivity (Wildman–Crippen MR) is 87.5 cm³/mol. The zero-order chi connectivity index (χ0) is 18.2. The number of H-pyrrole nitrogens is 1. The summed E-state index contributed by atoms with van der Waals surface area (Å²) in [5.74, 6) is -1.27. The van der Waals surface area contributed by atoms with E-state index in [1.165, 1.54) is 24.3 Å². The van der Waals surface area contributed by atoms with Crippen LogP contribution in [0.2, 0.25) is 0 Å². The molecule has 0 unspecified atom stereocenters. The zero-order valence-corrected chi connectivity index (χ0v) is 14.0. The van der Waals surface area contributed by atoms with Crippen molar-refractivity contribution in [3.05, 3.63) is 51.9 Å². The second-order valence-electron chi connectivity index (χ2n) is 5.41. The van der Waals surface area contributed by atoms with E-state index in [1.54, 1.807) is 13.0 Å². The normalized spacial score (nSPS) is 15.1. The summed E-state index contributed by atoms with van der Waals surface area (Å²) in [6.45, 7) is 1.29. The van der Waals surface area contributed by atoms with Crippen LogP contribution in [0.5, 0.6) is 0 Å². The van der Waals surface area contributed by atoms with Gasteiger partial charge in [-0.2, -0.15) is 0 Å². The Hall–Kier alpha value is -3.01. The van der Waals surface area contributed by atoms with Gasteiger partial charge in [0.2, 0.25) is 11.9 Å². The van der Waals surface area contributed by atoms with Crippen molar-refractivity contribution < 1.29 is 18.0 Å². The summed E-state index contributed by atoms with van der Waals surface area (Å²) < 4.78 is 25.4. The fourth-order valence-electron chi connectivity index (χ4n) is 2.49. The molecule has 0 bridgehead atoms. The minimum absolute atomic E-state index is 0.0334. The lowest BCUT2D eigenvalue weighted by Crippen LogP contribution is -2.33. The smallest absolute Gasteiger partial charge is 0.269 e. The third-order valence-electron chi connectivity index (χ3n) is 3.58. The van der Waals surface area contributed by atoms with Gasteiger partial charge in [-0.15, -0.1) is 0 Å². The SMILES string of the molecule is Cc1cc(=O)[nH]c(NC(=O)CCN2C(=O)c3ccccc3S2(=O)=O)n1. The van der Waals surface area contributed by atoms with Gasteiger partial charge in [0.25, 0.3) is 21.5 Å². The van der Waals surface area contributed by atoms with Crippen LogP contribution in [0.4, 0.5) is 5.95 Å². The number of rotatable bonds is 4. The molecule has 9 nitrogen and oxygen atoms in total. The van der Waals surface area contributed by atoms with Gasteiger partial charge in [-0.1, -0.05) is 12.1 Å². The predicted octanol–water partition coefficient (Wildman–Crippen LogP) is 0.252. The number of sulfonamides is 1. The van der Waals surface area contributed by atoms with Gasteiger partial charge in [-0.3, -0.25) is 24.7 Å². The molecule has 1 aliphatic rings. The minimum atomic E-state index is -3.95. The molecule has 0 saturated heterocycles. The van der Waals surface area contributed by atoms with E-state index in [9.17, 15) is 22.8 Å². The average Bonchev–Trinajstić information content (AvgIpc) is 2.72. The zero-order valence-electron chi connectivity index (χ0n) is 13.1. The number of nitrogens with one attached hydrogen (secondary N) is 2. The van der Waals surface area contributed by atoms with E-state index < -0.39 is 27.4 Å².